The van der Waals surface area contributed by atoms with Crippen LogP contribution in [0.3, 0.4) is 0 Å². The molecule has 282 valence electrons. The van der Waals surface area contributed by atoms with Crippen molar-refractivity contribution < 1.29 is 18.0 Å². The third-order valence-corrected chi connectivity index (χ3v) is 13.4. The van der Waals surface area contributed by atoms with Crippen LogP contribution in [-0.2, 0) is 33.5 Å². The van der Waals surface area contributed by atoms with Gasteiger partial charge < -0.3 is 13.5 Å². The molecule has 4 nitrogen and oxygen atoms in total. The van der Waals surface area contributed by atoms with Crippen molar-refractivity contribution in [3.8, 4) is 5.75 Å². The summed E-state index contributed by atoms with van der Waals surface area (Å²) in [7, 11) is -1.75. The summed E-state index contributed by atoms with van der Waals surface area (Å²) in [5, 5.41) is 13.0. The van der Waals surface area contributed by atoms with E-state index in [0.717, 1.165) is 71.6 Å². The molecule has 0 spiro atoms. The van der Waals surface area contributed by atoms with Gasteiger partial charge in [-0.3, -0.25) is 4.52 Å². The van der Waals surface area contributed by atoms with Crippen molar-refractivity contribution >= 4 is 30.2 Å². The summed E-state index contributed by atoms with van der Waals surface area (Å²) in [6.07, 6.45) is 5.68. The number of rotatable bonds is 13. The number of aryl methyl sites for hydroxylation is 2. The Labute approximate surface area is 311 Å². The molecule has 1 aromatic heterocycles. The highest BCUT2D eigenvalue weighted by atomic mass is 31.1. The lowest BCUT2D eigenvalue weighted by Crippen LogP contribution is -2.21. The van der Waals surface area contributed by atoms with E-state index in [-0.39, 0.29) is 27.1 Å². The van der Waals surface area contributed by atoms with Crippen LogP contribution < -0.4 is 4.52 Å². The van der Waals surface area contributed by atoms with Gasteiger partial charge in [0.15, 0.2) is 0 Å². The number of hydrogen-bond donors (Lipinski definition) is 1. The van der Waals surface area contributed by atoms with E-state index in [0.29, 0.717) is 12.4 Å². The summed E-state index contributed by atoms with van der Waals surface area (Å²) in [6.45, 7) is 36.8. The second-order valence-electron chi connectivity index (χ2n) is 18.7. The molecule has 51 heavy (non-hydrogen) atoms. The lowest BCUT2D eigenvalue weighted by atomic mass is 9.74. The Hall–Kier alpha value is -2.68. The van der Waals surface area contributed by atoms with Crippen molar-refractivity contribution in [1.29, 1.82) is 0 Å². The van der Waals surface area contributed by atoms with Gasteiger partial charge in [-0.15, -0.1) is 0 Å². The Morgan fingerprint density at radius 3 is 1.41 bits per heavy atom. The van der Waals surface area contributed by atoms with Crippen molar-refractivity contribution in [3.63, 3.8) is 0 Å². The smallest absolute Gasteiger partial charge is 0.387 e. The van der Waals surface area contributed by atoms with Crippen LogP contribution in [-0.4, -0.2) is 11.7 Å². The Bertz CT molecular complexity index is 1800. The molecule has 0 unspecified atom stereocenters. The molecule has 0 aliphatic rings. The molecular formula is C46H69O4P. The van der Waals surface area contributed by atoms with E-state index in [1.807, 2.05) is 6.92 Å². The van der Waals surface area contributed by atoms with Crippen LogP contribution in [0.15, 0.2) is 44.8 Å². The van der Waals surface area contributed by atoms with Crippen molar-refractivity contribution in [3.05, 3.63) is 75.3 Å². The molecule has 0 bridgehead atoms. The number of benzene rings is 3. The predicted molar refractivity (Wildman–Crippen MR) is 221 cm³/mol. The van der Waals surface area contributed by atoms with E-state index >= 15 is 0 Å². The number of phenolic OH excluding ortho intramolecular Hbond substituents is 1. The van der Waals surface area contributed by atoms with Gasteiger partial charge in [-0.05, 0) is 112 Å². The summed E-state index contributed by atoms with van der Waals surface area (Å²) in [5.74, 6) is 0.399. The van der Waals surface area contributed by atoms with Gasteiger partial charge in [0.25, 0.3) is 0 Å². The lowest BCUT2D eigenvalue weighted by Gasteiger charge is -2.30. The number of phenols is 1. The molecule has 0 amide bonds. The molecule has 4 rings (SSSR count). The first-order chi connectivity index (χ1) is 23.5. The molecule has 5 heteroatoms. The van der Waals surface area contributed by atoms with E-state index in [4.69, 9.17) is 12.9 Å². The summed E-state index contributed by atoms with van der Waals surface area (Å²) in [5.41, 5.74) is 9.62. The fraction of sp³-hybridized carbons (Fsp3) is 0.609. The minimum Gasteiger partial charge on any atom is -0.507 e. The first-order valence-corrected chi connectivity index (χ1v) is 20.6. The van der Waals surface area contributed by atoms with Gasteiger partial charge in [0.2, 0.25) is 0 Å². The monoisotopic (exact) mass is 716 g/mol. The zero-order chi connectivity index (χ0) is 38.3. The highest BCUT2D eigenvalue weighted by Crippen LogP contribution is 2.47. The lowest BCUT2D eigenvalue weighted by molar-refractivity contribution is 0.363. The Kier molecular flexibility index (Phi) is 12.1. The molecule has 3 aromatic carbocycles. The molecule has 1 N–H and O–H groups in total. The summed E-state index contributed by atoms with van der Waals surface area (Å²) in [6, 6.07) is 13.8. The molecule has 0 aliphatic heterocycles. The summed E-state index contributed by atoms with van der Waals surface area (Å²) >= 11 is 0. The Morgan fingerprint density at radius 1 is 0.588 bits per heavy atom. The molecule has 1 heterocycles. The van der Waals surface area contributed by atoms with Gasteiger partial charge in [-0.25, -0.2) is 0 Å². The Morgan fingerprint density at radius 2 is 1.02 bits per heavy atom. The minimum atomic E-state index is -1.75. The van der Waals surface area contributed by atoms with Gasteiger partial charge >= 0.3 is 8.24 Å². The number of fused-ring (bicyclic) bond motifs is 3. The highest BCUT2D eigenvalue weighted by Gasteiger charge is 2.32. The minimum absolute atomic E-state index is 0.00653. The van der Waals surface area contributed by atoms with E-state index in [1.54, 1.807) is 0 Å². The molecule has 0 aliphatic carbocycles. The van der Waals surface area contributed by atoms with Gasteiger partial charge in [0.1, 0.15) is 16.9 Å². The molecule has 0 saturated heterocycles. The maximum Gasteiger partial charge on any atom is 0.387 e. The summed E-state index contributed by atoms with van der Waals surface area (Å²) in [4.78, 5) is 0. The third kappa shape index (κ3) is 8.60. The molecule has 0 saturated carbocycles. The summed E-state index contributed by atoms with van der Waals surface area (Å²) < 4.78 is 20.8. The SMILES string of the molecule is CCC(C)(C)c1cc(C(C)(C)CC)c2op(OCCCc3cc(C)c(O)c(C(C)(C)C)c3)oc3c(C(C)(C)CC)cc(C(C)(C)CC)cc3c2c1. The van der Waals surface area contributed by atoms with Gasteiger partial charge in [-0.2, -0.15) is 0 Å². The van der Waals surface area contributed by atoms with Crippen LogP contribution in [0.25, 0.3) is 21.9 Å². The molecule has 0 atom stereocenters. The van der Waals surface area contributed by atoms with Gasteiger partial charge in [0, 0.05) is 21.9 Å². The second-order valence-corrected chi connectivity index (χ2v) is 19.7. The topological polar surface area (TPSA) is 55.7 Å². The zero-order valence-corrected chi connectivity index (χ0v) is 35.9. The van der Waals surface area contributed by atoms with Crippen molar-refractivity contribution in [1.82, 2.24) is 0 Å². The molecular weight excluding hydrogens is 647 g/mol. The van der Waals surface area contributed by atoms with E-state index in [9.17, 15) is 5.11 Å². The number of hydrogen-bond acceptors (Lipinski definition) is 4. The van der Waals surface area contributed by atoms with Crippen LogP contribution in [0.2, 0.25) is 0 Å². The highest BCUT2D eigenvalue weighted by molar-refractivity contribution is 7.31. The van der Waals surface area contributed by atoms with Crippen LogP contribution in [0.4, 0.5) is 0 Å². The molecule has 0 fully saturated rings. The molecule has 4 aromatic rings. The normalized spacial score (nSPS) is 13.4. The maximum atomic E-state index is 10.8. The first-order valence-electron chi connectivity index (χ1n) is 19.5. The average Bonchev–Trinajstić information content (AvgIpc) is 3.22. The Balaban J connectivity index is 2.02. The zero-order valence-electron chi connectivity index (χ0n) is 35.0. The van der Waals surface area contributed by atoms with Crippen molar-refractivity contribution in [2.75, 3.05) is 6.61 Å². The van der Waals surface area contributed by atoms with Crippen LogP contribution in [0.5, 0.6) is 5.75 Å². The third-order valence-electron chi connectivity index (χ3n) is 12.3. The molecule has 0 radical (unpaired) electrons. The fourth-order valence-corrected chi connectivity index (χ4v) is 7.75. The average molecular weight is 717 g/mol. The fourth-order valence-electron chi connectivity index (χ4n) is 6.64. The second kappa shape index (κ2) is 15.0. The van der Waals surface area contributed by atoms with Crippen LogP contribution in [0, 0.1) is 6.92 Å². The van der Waals surface area contributed by atoms with Crippen molar-refractivity contribution in [2.45, 2.75) is 176 Å². The van der Waals surface area contributed by atoms with E-state index in [1.165, 1.54) is 27.8 Å². The van der Waals surface area contributed by atoms with Crippen molar-refractivity contribution in [2.24, 2.45) is 0 Å². The number of aromatic hydroxyl groups is 1. The first kappa shape index (κ1) is 41.1. The quantitative estimate of drug-likeness (QED) is 0.140. The largest absolute Gasteiger partial charge is 0.507 e. The predicted octanol–water partition coefficient (Wildman–Crippen LogP) is 14.4. The van der Waals surface area contributed by atoms with Crippen LogP contribution >= 0.6 is 8.24 Å². The van der Waals surface area contributed by atoms with Gasteiger partial charge in [-0.1, -0.05) is 128 Å². The maximum absolute atomic E-state index is 10.8. The van der Waals surface area contributed by atoms with E-state index < -0.39 is 8.24 Å². The standard InChI is InChI=1S/C46H69O4P/c1-17-43(9,10)32-26-34-35-27-33(44(11,12)18-2)29-38(46(15,16)20-4)41(35)50-51(49-40(34)37(28-32)45(13,14)19-3)48-23-21-22-31-24-30(5)39(47)36(25-31)42(6,7)8/h24-29,47H,17-23H2,1-16H3. The van der Waals surface area contributed by atoms with Crippen LogP contribution in [0.1, 0.15) is 175 Å². The van der Waals surface area contributed by atoms with E-state index in [2.05, 4.69) is 140 Å². The van der Waals surface area contributed by atoms with Gasteiger partial charge in [0.05, 0.1) is 6.61 Å².